The van der Waals surface area contributed by atoms with Crippen molar-refractivity contribution in [1.29, 1.82) is 0 Å². The average Bonchev–Trinajstić information content (AvgIpc) is 4.13. The molecular weight excluding hydrogens is 947 g/mol. The van der Waals surface area contributed by atoms with Gasteiger partial charge >= 0.3 is 12.2 Å². The number of ether oxygens (including phenoxy) is 1. The van der Waals surface area contributed by atoms with E-state index in [1.54, 1.807) is 39.1 Å². The number of nitrogens with one attached hydrogen (secondary N) is 2. The molecule has 4 heterocycles. The van der Waals surface area contributed by atoms with E-state index in [9.17, 15) is 35.2 Å². The zero-order chi connectivity index (χ0) is 49.0. The Balaban J connectivity index is 1.18. The number of methoxy groups -OCH3 is 1. The molecule has 6 aromatic rings. The van der Waals surface area contributed by atoms with Crippen molar-refractivity contribution >= 4 is 50.1 Å². The van der Waals surface area contributed by atoms with Crippen molar-refractivity contribution in [3.05, 3.63) is 98.9 Å². The fourth-order valence-electron chi connectivity index (χ4n) is 8.66. The van der Waals surface area contributed by atoms with E-state index in [0.717, 1.165) is 12.1 Å². The van der Waals surface area contributed by atoms with Crippen LogP contribution in [0, 0.1) is 29.4 Å². The molecule has 0 spiro atoms. The van der Waals surface area contributed by atoms with Gasteiger partial charge in [0.2, 0.25) is 11.8 Å². The van der Waals surface area contributed by atoms with Crippen LogP contribution >= 0.6 is 11.6 Å². The van der Waals surface area contributed by atoms with E-state index in [-0.39, 0.29) is 51.7 Å². The molecule has 0 radical (unpaired) electrons. The SMILES string of the molecule is COC(C)(C)c1nnc(Nc2nn(C)c3c(-c4ccc(C#CC(C)(C)S(=O)(=O)C5CC5)nc4[C@H](Cc4cc(F)cc(F)c4)NC(=O)Cn4nc(C(F)(F)F)c5c4C(F)(F)[C@@H]4C[C@H]54)ccc(Cl)c23)o1. The van der Waals surface area contributed by atoms with E-state index < -0.39 is 103 Å². The predicted octanol–water partition coefficient (Wildman–Crippen LogP) is 8.81. The lowest BCUT2D eigenvalue weighted by atomic mass is 9.93. The van der Waals surface area contributed by atoms with Crippen LogP contribution in [-0.4, -0.2) is 66.2 Å². The summed E-state index contributed by atoms with van der Waals surface area (Å²) in [5.41, 5.74) is -3.18. The number of pyridine rings is 1. The van der Waals surface area contributed by atoms with Gasteiger partial charge in [-0.1, -0.05) is 28.7 Å². The van der Waals surface area contributed by atoms with Gasteiger partial charge in [0, 0.05) is 42.8 Å². The minimum absolute atomic E-state index is 0.00479. The molecular formula is C45H41ClF7N9O5S. The van der Waals surface area contributed by atoms with Gasteiger partial charge in [0.25, 0.3) is 5.92 Å². The quantitative estimate of drug-likeness (QED) is 0.0837. The normalized spacial score (nSPS) is 18.2. The summed E-state index contributed by atoms with van der Waals surface area (Å²) < 4.78 is 142. The number of alkyl halides is 5. The van der Waals surface area contributed by atoms with Crippen molar-refractivity contribution in [2.45, 2.75) is 99.6 Å². The van der Waals surface area contributed by atoms with Crippen LogP contribution in [0.25, 0.3) is 22.0 Å². The second kappa shape index (κ2) is 16.3. The smallest absolute Gasteiger partial charge is 0.405 e. The maximum absolute atomic E-state index is 15.6. The van der Waals surface area contributed by atoms with Crippen LogP contribution in [0.3, 0.4) is 0 Å². The molecule has 68 heavy (non-hydrogen) atoms. The molecule has 0 saturated heterocycles. The van der Waals surface area contributed by atoms with E-state index >= 15 is 8.78 Å². The third-order valence-corrected chi connectivity index (χ3v) is 15.7. The highest BCUT2D eigenvalue weighted by Gasteiger charge is 2.68. The first kappa shape index (κ1) is 47.0. The van der Waals surface area contributed by atoms with Crippen molar-refractivity contribution < 1.29 is 53.1 Å². The van der Waals surface area contributed by atoms with Crippen LogP contribution in [0.5, 0.6) is 0 Å². The molecule has 3 aliphatic rings. The second-order valence-electron chi connectivity index (χ2n) is 18.1. The molecule has 2 N–H and O–H groups in total. The number of halogens is 8. The van der Waals surface area contributed by atoms with Gasteiger partial charge in [0.05, 0.1) is 32.9 Å². The molecule has 0 aliphatic heterocycles. The number of amides is 1. The highest BCUT2D eigenvalue weighted by molar-refractivity contribution is 7.93. The topological polar surface area (TPSA) is 172 Å². The number of anilines is 2. The van der Waals surface area contributed by atoms with Crippen molar-refractivity contribution in [3.63, 3.8) is 0 Å². The van der Waals surface area contributed by atoms with Gasteiger partial charge < -0.3 is 14.5 Å². The first-order valence-corrected chi connectivity index (χ1v) is 23.1. The zero-order valence-electron chi connectivity index (χ0n) is 37.0. The maximum atomic E-state index is 15.6. The molecule has 2 aromatic carbocycles. The van der Waals surface area contributed by atoms with Crippen LogP contribution in [0.4, 0.5) is 42.6 Å². The van der Waals surface area contributed by atoms with Gasteiger partial charge in [0.15, 0.2) is 21.3 Å². The molecule has 4 aromatic heterocycles. The highest BCUT2D eigenvalue weighted by Crippen LogP contribution is 2.68. The minimum atomic E-state index is -5.10. The van der Waals surface area contributed by atoms with Crippen molar-refractivity contribution in [2.24, 2.45) is 13.0 Å². The number of rotatable bonds is 13. The average molecular weight is 988 g/mol. The van der Waals surface area contributed by atoms with Crippen LogP contribution in [0.15, 0.2) is 46.9 Å². The number of nitrogens with zero attached hydrogens (tertiary/aromatic N) is 7. The molecule has 2 fully saturated rings. The van der Waals surface area contributed by atoms with Gasteiger partial charge in [-0.05, 0) is 101 Å². The molecule has 358 valence electrons. The number of hydrogen-bond donors (Lipinski definition) is 2. The fraction of sp³-hybridized carbons (Fsp3) is 0.422. The predicted molar refractivity (Wildman–Crippen MR) is 232 cm³/mol. The van der Waals surface area contributed by atoms with Crippen LogP contribution in [0.2, 0.25) is 5.02 Å². The number of benzene rings is 2. The Hall–Kier alpha value is -6.05. The molecule has 0 bridgehead atoms. The molecule has 0 unspecified atom stereocenters. The second-order valence-corrected chi connectivity index (χ2v) is 21.3. The Morgan fingerprint density at radius 3 is 2.38 bits per heavy atom. The lowest BCUT2D eigenvalue weighted by molar-refractivity contribution is -0.142. The van der Waals surface area contributed by atoms with Crippen LogP contribution in [-0.2, 0) is 57.1 Å². The summed E-state index contributed by atoms with van der Waals surface area (Å²) in [6.45, 7) is 5.25. The van der Waals surface area contributed by atoms with E-state index in [4.69, 9.17) is 25.7 Å². The molecule has 23 heteroatoms. The number of aryl methyl sites for hydroxylation is 1. The van der Waals surface area contributed by atoms with Gasteiger partial charge in [-0.3, -0.25) is 19.5 Å². The van der Waals surface area contributed by atoms with Crippen LogP contribution in [0.1, 0.15) is 98.7 Å². The molecule has 1 amide bonds. The van der Waals surface area contributed by atoms with Gasteiger partial charge in [-0.25, -0.2) is 22.2 Å². The van der Waals surface area contributed by atoms with Crippen molar-refractivity contribution in [1.82, 2.24) is 40.1 Å². The van der Waals surface area contributed by atoms with Gasteiger partial charge in [-0.15, -0.1) is 5.10 Å². The van der Waals surface area contributed by atoms with E-state index in [2.05, 4.69) is 42.9 Å². The third kappa shape index (κ3) is 8.35. The Labute approximate surface area is 388 Å². The molecule has 14 nitrogen and oxygen atoms in total. The Morgan fingerprint density at radius 1 is 1.03 bits per heavy atom. The molecule has 3 atom stereocenters. The summed E-state index contributed by atoms with van der Waals surface area (Å²) in [5, 5.41) is 21.9. The highest BCUT2D eigenvalue weighted by atomic mass is 35.5. The number of carbonyl (C=O) groups is 1. The van der Waals surface area contributed by atoms with Crippen LogP contribution < -0.4 is 10.6 Å². The molecule has 9 rings (SSSR count). The third-order valence-electron chi connectivity index (χ3n) is 12.5. The van der Waals surface area contributed by atoms with E-state index in [1.807, 2.05) is 0 Å². The summed E-state index contributed by atoms with van der Waals surface area (Å²) in [6, 6.07) is 7.32. The van der Waals surface area contributed by atoms with E-state index in [1.165, 1.54) is 31.7 Å². The van der Waals surface area contributed by atoms with E-state index in [0.29, 0.717) is 40.1 Å². The van der Waals surface area contributed by atoms with Gasteiger partial charge in [-0.2, -0.15) is 32.1 Å². The monoisotopic (exact) mass is 987 g/mol. The summed E-state index contributed by atoms with van der Waals surface area (Å²) >= 11 is 6.84. The molecule has 3 aliphatic carbocycles. The number of carbonyl (C=O) groups excluding carboxylic acids is 1. The summed E-state index contributed by atoms with van der Waals surface area (Å²) in [6.07, 6.45) is -4.70. The zero-order valence-corrected chi connectivity index (χ0v) is 38.6. The number of fused-ring (bicyclic) bond motifs is 4. The molecule has 2 saturated carbocycles. The van der Waals surface area contributed by atoms with Crippen molar-refractivity contribution in [2.75, 3.05) is 12.4 Å². The summed E-state index contributed by atoms with van der Waals surface area (Å²) in [4.78, 5) is 19.0. The Kier molecular flexibility index (Phi) is 11.3. The number of hydrogen-bond acceptors (Lipinski definition) is 11. The fourth-order valence-corrected chi connectivity index (χ4v) is 10.7. The largest absolute Gasteiger partial charge is 0.435 e. The summed E-state index contributed by atoms with van der Waals surface area (Å²) in [7, 11) is -0.628. The Morgan fingerprint density at radius 2 is 1.72 bits per heavy atom. The standard InChI is InChI=1S/C45H41ClF7N9O5S/c1-42(2,68(64,65)25-8-9-25)14-13-24-7-10-26(27-11-12-30(46)34-36(27)61(5)60-39(34)56-41-58-57-40(67-41)43(3,4)66-6)35(54-24)31(17-21-15-22(47)18-23(48)16-21)55-32(63)20-62-38-33(37(59-62)45(51,52)53)28-19-29(28)44(38,49)50/h7,10-12,15-16,18,25,28-29,31H,8-9,17,19-20H2,1-6H3,(H,55,63)(H,56,58,60)/t28-,29+,31-/m0/s1. The lowest BCUT2D eigenvalue weighted by Gasteiger charge is -2.23. The van der Waals surface area contributed by atoms with Crippen molar-refractivity contribution in [3.8, 4) is 23.0 Å². The lowest BCUT2D eigenvalue weighted by Crippen LogP contribution is -2.35. The first-order chi connectivity index (χ1) is 31.8. The van der Waals surface area contributed by atoms with Gasteiger partial charge in [0.1, 0.15) is 39.9 Å². The number of sulfone groups is 1. The minimum Gasteiger partial charge on any atom is -0.405 e. The maximum Gasteiger partial charge on any atom is 0.435 e. The first-order valence-electron chi connectivity index (χ1n) is 21.2. The Bertz CT molecular complexity index is 3200. The summed E-state index contributed by atoms with van der Waals surface area (Å²) in [5.74, 6) is -3.25. The number of aromatic nitrogens is 7.